The Bertz CT molecular complexity index is 808. The summed E-state index contributed by atoms with van der Waals surface area (Å²) >= 11 is 1.73. The van der Waals surface area contributed by atoms with Gasteiger partial charge in [0.15, 0.2) is 0 Å². The van der Waals surface area contributed by atoms with Gasteiger partial charge in [-0.1, -0.05) is 63.1 Å². The maximum Gasteiger partial charge on any atom is 0.323 e. The number of carboxylic acids is 1. The molecule has 0 aliphatic heterocycles. The molecule has 1 aromatic rings. The predicted molar refractivity (Wildman–Crippen MR) is 140 cm³/mol. The molecular formula is C26H39N3O3S. The Morgan fingerprint density at radius 2 is 1.94 bits per heavy atom. The zero-order valence-corrected chi connectivity index (χ0v) is 21.3. The number of aliphatic imine (C=N–C) groups is 1. The zero-order valence-electron chi connectivity index (χ0n) is 20.5. The van der Waals surface area contributed by atoms with E-state index in [0.29, 0.717) is 11.5 Å². The molecule has 0 bridgehead atoms. The molecule has 1 unspecified atom stereocenters. The molecule has 0 heterocycles. The van der Waals surface area contributed by atoms with E-state index in [1.807, 2.05) is 36.4 Å². The largest absolute Gasteiger partial charge is 0.480 e. The Morgan fingerprint density at radius 1 is 1.24 bits per heavy atom. The second kappa shape index (κ2) is 16.3. The lowest BCUT2D eigenvalue weighted by Crippen LogP contribution is -2.32. The number of unbranched alkanes of at least 4 members (excludes halogenated alkanes) is 1. The maximum absolute atomic E-state index is 12.4. The fourth-order valence-electron chi connectivity index (χ4n) is 3.36. The number of carbonyl (C=O) groups excluding carboxylic acids is 1. The van der Waals surface area contributed by atoms with Crippen molar-refractivity contribution in [3.8, 4) is 0 Å². The number of amides is 1. The average molecular weight is 474 g/mol. The number of rotatable bonds is 16. The van der Waals surface area contributed by atoms with E-state index < -0.39 is 5.97 Å². The molecule has 1 amide bonds. The molecule has 0 aliphatic rings. The van der Waals surface area contributed by atoms with Crippen molar-refractivity contribution >= 4 is 36.1 Å². The van der Waals surface area contributed by atoms with E-state index >= 15 is 0 Å². The van der Waals surface area contributed by atoms with Crippen LogP contribution in [0.25, 0.3) is 5.70 Å². The highest BCUT2D eigenvalue weighted by Crippen LogP contribution is 2.21. The summed E-state index contributed by atoms with van der Waals surface area (Å²) in [6, 6.07) is 10.1. The topological polar surface area (TPSA) is 73.2 Å². The summed E-state index contributed by atoms with van der Waals surface area (Å²) in [4.78, 5) is 31.1. The number of likely N-dealkylation sites (N-methyl/N-ethyl adjacent to an activating group) is 1. The average Bonchev–Trinajstić information content (AvgIpc) is 2.81. The van der Waals surface area contributed by atoms with Gasteiger partial charge in [-0.15, -0.1) is 11.8 Å². The van der Waals surface area contributed by atoms with Crippen LogP contribution in [0.2, 0.25) is 0 Å². The number of allylic oxidation sites excluding steroid dienone is 1. The van der Waals surface area contributed by atoms with E-state index in [-0.39, 0.29) is 12.5 Å². The Morgan fingerprint density at radius 3 is 2.52 bits per heavy atom. The molecule has 0 spiro atoms. The predicted octanol–water partition coefficient (Wildman–Crippen LogP) is 5.38. The van der Waals surface area contributed by atoms with Crippen molar-refractivity contribution in [3.05, 3.63) is 53.0 Å². The summed E-state index contributed by atoms with van der Waals surface area (Å²) in [5, 5.41) is 11.0. The van der Waals surface area contributed by atoms with Gasteiger partial charge in [0.2, 0.25) is 5.91 Å². The highest BCUT2D eigenvalue weighted by Gasteiger charge is 2.16. The van der Waals surface area contributed by atoms with Crippen LogP contribution in [0.3, 0.4) is 0 Å². The summed E-state index contributed by atoms with van der Waals surface area (Å²) in [6.07, 6.45) is 6.03. The van der Waals surface area contributed by atoms with E-state index in [9.17, 15) is 9.59 Å². The molecule has 1 N–H and O–H groups in total. The van der Waals surface area contributed by atoms with E-state index in [4.69, 9.17) is 5.11 Å². The SMILES string of the molecule is C=N/C(=C\SCN(CCCC)CC(CC)C/C=C(\C)C(=O)N(C)CC(=O)O)c1ccccc1. The molecule has 0 aromatic heterocycles. The van der Waals surface area contributed by atoms with Gasteiger partial charge in [-0.05, 0) is 44.4 Å². The molecule has 0 aliphatic carbocycles. The molecule has 7 heteroatoms. The number of hydrogen-bond donors (Lipinski definition) is 1. The monoisotopic (exact) mass is 473 g/mol. The minimum atomic E-state index is -1.01. The van der Waals surface area contributed by atoms with Crippen LogP contribution in [-0.4, -0.2) is 66.1 Å². The Kier molecular flexibility index (Phi) is 14.1. The third-order valence-corrected chi connectivity index (χ3v) is 6.33. The zero-order chi connectivity index (χ0) is 24.6. The van der Waals surface area contributed by atoms with E-state index in [2.05, 4.69) is 35.9 Å². The summed E-state index contributed by atoms with van der Waals surface area (Å²) in [5.41, 5.74) is 2.54. The van der Waals surface area contributed by atoms with Crippen molar-refractivity contribution in [3.63, 3.8) is 0 Å². The van der Waals surface area contributed by atoms with Gasteiger partial charge >= 0.3 is 5.97 Å². The Labute approximate surface area is 203 Å². The minimum Gasteiger partial charge on any atom is -0.480 e. The van der Waals surface area contributed by atoms with E-state index in [1.54, 1.807) is 18.7 Å². The normalized spacial score (nSPS) is 13.1. The third kappa shape index (κ3) is 11.3. The number of benzene rings is 1. The molecule has 182 valence electrons. The summed E-state index contributed by atoms with van der Waals surface area (Å²) in [7, 11) is 1.52. The van der Waals surface area contributed by atoms with Gasteiger partial charge in [-0.3, -0.25) is 19.5 Å². The second-order valence-corrected chi connectivity index (χ2v) is 9.03. The molecule has 1 rings (SSSR count). The maximum atomic E-state index is 12.4. The van der Waals surface area contributed by atoms with Gasteiger partial charge in [0.05, 0.1) is 5.70 Å². The fourth-order valence-corrected chi connectivity index (χ4v) is 4.25. The number of nitrogens with zero attached hydrogens (tertiary/aromatic N) is 3. The molecule has 0 fully saturated rings. The quantitative estimate of drug-likeness (QED) is 0.198. The van der Waals surface area contributed by atoms with Gasteiger partial charge in [0, 0.05) is 30.6 Å². The van der Waals surface area contributed by atoms with Crippen molar-refractivity contribution in [1.29, 1.82) is 0 Å². The van der Waals surface area contributed by atoms with Crippen LogP contribution in [0.5, 0.6) is 0 Å². The van der Waals surface area contributed by atoms with Gasteiger partial charge in [0.25, 0.3) is 0 Å². The summed E-state index contributed by atoms with van der Waals surface area (Å²) < 4.78 is 0. The summed E-state index contributed by atoms with van der Waals surface area (Å²) in [5.74, 6) is 0.0437. The van der Waals surface area contributed by atoms with Gasteiger partial charge in [-0.2, -0.15) is 0 Å². The third-order valence-electron chi connectivity index (χ3n) is 5.43. The van der Waals surface area contributed by atoms with Crippen LogP contribution in [0.15, 0.2) is 52.4 Å². The van der Waals surface area contributed by atoms with Gasteiger partial charge < -0.3 is 10.0 Å². The number of carbonyl (C=O) groups is 2. The first-order chi connectivity index (χ1) is 15.8. The van der Waals surface area contributed by atoms with E-state index in [1.165, 1.54) is 11.9 Å². The lowest BCUT2D eigenvalue weighted by atomic mass is 10.00. The number of aliphatic carboxylic acids is 1. The first kappa shape index (κ1) is 28.7. The van der Waals surface area contributed by atoms with Crippen molar-refractivity contribution in [2.45, 2.75) is 46.5 Å². The van der Waals surface area contributed by atoms with Crippen LogP contribution in [-0.2, 0) is 9.59 Å². The molecular weight excluding hydrogens is 434 g/mol. The van der Waals surface area contributed by atoms with Crippen molar-refractivity contribution in [2.24, 2.45) is 10.9 Å². The Balaban J connectivity index is 2.74. The lowest BCUT2D eigenvalue weighted by molar-refractivity contribution is -0.142. The highest BCUT2D eigenvalue weighted by atomic mass is 32.2. The second-order valence-electron chi connectivity index (χ2n) is 8.21. The lowest BCUT2D eigenvalue weighted by Gasteiger charge is -2.26. The van der Waals surface area contributed by atoms with Crippen LogP contribution in [0.4, 0.5) is 0 Å². The van der Waals surface area contributed by atoms with Gasteiger partial charge in [0.1, 0.15) is 6.54 Å². The molecule has 1 aromatic carbocycles. The molecule has 6 nitrogen and oxygen atoms in total. The molecule has 0 saturated heterocycles. The van der Waals surface area contributed by atoms with Crippen molar-refractivity contribution in [1.82, 2.24) is 9.80 Å². The van der Waals surface area contributed by atoms with Gasteiger partial charge in [-0.25, -0.2) is 0 Å². The first-order valence-corrected chi connectivity index (χ1v) is 12.6. The van der Waals surface area contributed by atoms with Crippen molar-refractivity contribution in [2.75, 3.05) is 32.6 Å². The van der Waals surface area contributed by atoms with Crippen LogP contribution < -0.4 is 0 Å². The smallest absolute Gasteiger partial charge is 0.323 e. The standard InChI is InChI=1S/C26H39N3O3S/c1-6-8-16-29(20-33-19-24(27-4)23-12-10-9-11-13-23)17-22(7-2)15-14-21(3)26(32)28(5)18-25(30)31/h9-14,19,22H,4,6-8,15-18,20H2,1-3,5H3,(H,30,31)/b21-14+,24-19-. The number of carboxylic acid groups (broad SMARTS) is 1. The Hall–Kier alpha value is -2.38. The molecule has 0 radical (unpaired) electrons. The van der Waals surface area contributed by atoms with E-state index in [0.717, 1.165) is 55.9 Å². The van der Waals surface area contributed by atoms with Crippen LogP contribution in [0, 0.1) is 5.92 Å². The highest BCUT2D eigenvalue weighted by molar-refractivity contribution is 8.02. The molecule has 1 atom stereocenters. The molecule has 33 heavy (non-hydrogen) atoms. The first-order valence-electron chi connectivity index (χ1n) is 11.5. The molecule has 0 saturated carbocycles. The van der Waals surface area contributed by atoms with Crippen LogP contribution >= 0.6 is 11.8 Å². The number of hydrogen-bond acceptors (Lipinski definition) is 5. The van der Waals surface area contributed by atoms with Crippen molar-refractivity contribution < 1.29 is 14.7 Å². The number of thioether (sulfide) groups is 1. The minimum absolute atomic E-state index is 0.235. The summed E-state index contributed by atoms with van der Waals surface area (Å²) in [6.45, 7) is 11.5. The van der Waals surface area contributed by atoms with Crippen LogP contribution in [0.1, 0.15) is 52.0 Å². The fraction of sp³-hybridized carbons (Fsp3) is 0.500.